The molecule has 1 N–H and O–H groups in total. The van der Waals surface area contributed by atoms with E-state index in [2.05, 4.69) is 14.7 Å². The zero-order valence-corrected chi connectivity index (χ0v) is 22.8. The number of sulfonamides is 1. The predicted octanol–water partition coefficient (Wildman–Crippen LogP) is 5.51. The van der Waals surface area contributed by atoms with Crippen molar-refractivity contribution in [2.75, 3.05) is 20.3 Å². The first-order valence-corrected chi connectivity index (χ1v) is 14.1. The van der Waals surface area contributed by atoms with Crippen LogP contribution in [0.15, 0.2) is 59.6 Å². The van der Waals surface area contributed by atoms with Gasteiger partial charge in [0.05, 0.1) is 44.1 Å². The van der Waals surface area contributed by atoms with Gasteiger partial charge in [0.2, 0.25) is 10.0 Å². The molecule has 0 aliphatic rings. The molecule has 0 aliphatic heterocycles. The molecular formula is C26H22ClFN4O4S2. The van der Waals surface area contributed by atoms with Crippen LogP contribution < -0.4 is 9.46 Å². The fraction of sp³-hybridized carbons (Fsp3) is 0.192. The van der Waals surface area contributed by atoms with Gasteiger partial charge in [0.15, 0.2) is 0 Å². The highest BCUT2D eigenvalue weighted by Gasteiger charge is 2.17. The molecule has 12 heteroatoms. The summed E-state index contributed by atoms with van der Waals surface area (Å²) >= 11 is 7.97. The molecule has 3 aromatic carbocycles. The monoisotopic (exact) mass is 572 g/mol. The summed E-state index contributed by atoms with van der Waals surface area (Å²) in [6, 6.07) is 12.2. The summed E-state index contributed by atoms with van der Waals surface area (Å²) in [5, 5.41) is 1.15. The van der Waals surface area contributed by atoms with Gasteiger partial charge in [-0.15, -0.1) is 11.3 Å². The zero-order chi connectivity index (χ0) is 26.9. The summed E-state index contributed by atoms with van der Waals surface area (Å²) in [6.45, 7) is 2.39. The van der Waals surface area contributed by atoms with Crippen LogP contribution >= 0.6 is 22.9 Å². The third-order valence-electron chi connectivity index (χ3n) is 5.55. The molecule has 2 heterocycles. The molecule has 196 valence electrons. The molecule has 0 spiro atoms. The van der Waals surface area contributed by atoms with Gasteiger partial charge in [-0.05, 0) is 48.9 Å². The molecule has 0 bridgehead atoms. The van der Waals surface area contributed by atoms with Gasteiger partial charge in [0.1, 0.15) is 28.7 Å². The number of aryl methyl sites for hydroxylation is 1. The van der Waals surface area contributed by atoms with Gasteiger partial charge in [0.25, 0.3) is 0 Å². The average molecular weight is 573 g/mol. The van der Waals surface area contributed by atoms with Crippen molar-refractivity contribution in [2.45, 2.75) is 18.4 Å². The van der Waals surface area contributed by atoms with Crippen molar-refractivity contribution >= 4 is 54.2 Å². The van der Waals surface area contributed by atoms with Crippen molar-refractivity contribution in [3.63, 3.8) is 0 Å². The summed E-state index contributed by atoms with van der Waals surface area (Å²) < 4.78 is 52.2. The summed E-state index contributed by atoms with van der Waals surface area (Å²) in [5.74, 6) is -0.154. The first kappa shape index (κ1) is 26.4. The van der Waals surface area contributed by atoms with Gasteiger partial charge in [0, 0.05) is 25.3 Å². The summed E-state index contributed by atoms with van der Waals surface area (Å²) in [5.41, 5.74) is 4.72. The van der Waals surface area contributed by atoms with Crippen LogP contribution in [0.1, 0.15) is 11.3 Å². The molecule has 2 aromatic heterocycles. The molecule has 5 aromatic rings. The van der Waals surface area contributed by atoms with Crippen LogP contribution in [0.4, 0.5) is 4.39 Å². The molecule has 0 saturated carbocycles. The molecule has 0 saturated heterocycles. The number of methoxy groups -OCH3 is 1. The minimum Gasteiger partial charge on any atom is -0.492 e. The molecule has 0 fully saturated rings. The van der Waals surface area contributed by atoms with E-state index in [0.717, 1.165) is 43.6 Å². The van der Waals surface area contributed by atoms with E-state index in [1.807, 2.05) is 25.1 Å². The van der Waals surface area contributed by atoms with Crippen molar-refractivity contribution in [2.24, 2.45) is 0 Å². The van der Waals surface area contributed by atoms with E-state index in [4.69, 9.17) is 26.1 Å². The van der Waals surface area contributed by atoms with Crippen molar-refractivity contribution in [3.8, 4) is 16.3 Å². The van der Waals surface area contributed by atoms with Crippen LogP contribution in [-0.2, 0) is 21.4 Å². The third-order valence-corrected chi connectivity index (χ3v) is 8.34. The topological polar surface area (TPSA) is 103 Å². The van der Waals surface area contributed by atoms with Crippen molar-refractivity contribution in [1.82, 2.24) is 19.7 Å². The lowest BCUT2D eigenvalue weighted by Gasteiger charge is -2.09. The van der Waals surface area contributed by atoms with E-state index in [0.29, 0.717) is 22.9 Å². The highest BCUT2D eigenvalue weighted by Crippen LogP contribution is 2.38. The second-order valence-electron chi connectivity index (χ2n) is 8.45. The quantitative estimate of drug-likeness (QED) is 0.232. The number of fused-ring (bicyclic) bond motifs is 2. The number of aromatic nitrogens is 3. The Bertz CT molecular complexity index is 1760. The van der Waals surface area contributed by atoms with Crippen LogP contribution in [0.2, 0.25) is 5.02 Å². The summed E-state index contributed by atoms with van der Waals surface area (Å²) in [6.07, 6.45) is 1.69. The number of hydrogen-bond acceptors (Lipinski definition) is 8. The Balaban J connectivity index is 1.35. The van der Waals surface area contributed by atoms with Gasteiger partial charge >= 0.3 is 0 Å². The Morgan fingerprint density at radius 2 is 1.95 bits per heavy atom. The largest absolute Gasteiger partial charge is 0.492 e. The molecule has 0 atom stereocenters. The normalized spacial score (nSPS) is 11.9. The number of nitrogens with one attached hydrogen (secondary N) is 1. The highest BCUT2D eigenvalue weighted by molar-refractivity contribution is 7.89. The Labute approximate surface area is 227 Å². The maximum atomic E-state index is 13.4. The van der Waals surface area contributed by atoms with Crippen molar-refractivity contribution in [3.05, 3.63) is 76.8 Å². The second kappa shape index (κ2) is 10.9. The van der Waals surface area contributed by atoms with E-state index in [9.17, 15) is 12.8 Å². The average Bonchev–Trinajstić information content (AvgIpc) is 3.31. The highest BCUT2D eigenvalue weighted by atomic mass is 35.5. The second-order valence-corrected chi connectivity index (χ2v) is 11.7. The SMILES string of the molecule is COCc1cnc2c(-c3nc4c(Cl)cc(OCCNS(=O)(=O)c5cccc(F)c5)cc4s3)cc(C)cc2n1. The zero-order valence-electron chi connectivity index (χ0n) is 20.4. The maximum Gasteiger partial charge on any atom is 0.240 e. The molecule has 0 unspecified atom stereocenters. The van der Waals surface area contributed by atoms with Crippen LogP contribution in [0, 0.1) is 12.7 Å². The van der Waals surface area contributed by atoms with E-state index < -0.39 is 15.8 Å². The van der Waals surface area contributed by atoms with Crippen molar-refractivity contribution in [1.29, 1.82) is 0 Å². The Morgan fingerprint density at radius 1 is 1.11 bits per heavy atom. The minimum absolute atomic E-state index is 0.0124. The molecule has 0 amide bonds. The number of ether oxygens (including phenoxy) is 2. The fourth-order valence-electron chi connectivity index (χ4n) is 3.91. The van der Waals surface area contributed by atoms with Gasteiger partial charge in [-0.3, -0.25) is 4.98 Å². The standard InChI is InChI=1S/C26H22ClFN4O4S2/c1-15-8-20(24-22(9-15)31-17(13-29-24)14-35-2)26-32-25-21(27)11-18(12-23(25)37-26)36-7-6-30-38(33,34)19-5-3-4-16(28)10-19/h3-5,8-13,30H,6-7,14H2,1-2H3. The lowest BCUT2D eigenvalue weighted by Crippen LogP contribution is -2.28. The van der Waals surface area contributed by atoms with E-state index in [1.165, 1.54) is 29.5 Å². The first-order chi connectivity index (χ1) is 18.2. The number of rotatable bonds is 9. The summed E-state index contributed by atoms with van der Waals surface area (Å²) in [4.78, 5) is 13.9. The first-order valence-electron chi connectivity index (χ1n) is 11.5. The molecular weight excluding hydrogens is 551 g/mol. The van der Waals surface area contributed by atoms with Gasteiger partial charge in [-0.2, -0.15) is 0 Å². The predicted molar refractivity (Wildman–Crippen MR) is 146 cm³/mol. The fourth-order valence-corrected chi connectivity index (χ4v) is 6.30. The smallest absolute Gasteiger partial charge is 0.240 e. The van der Waals surface area contributed by atoms with Gasteiger partial charge in [-0.25, -0.2) is 27.5 Å². The van der Waals surface area contributed by atoms with E-state index in [-0.39, 0.29) is 18.0 Å². The molecule has 8 nitrogen and oxygen atoms in total. The Kier molecular flexibility index (Phi) is 7.55. The van der Waals surface area contributed by atoms with Gasteiger partial charge < -0.3 is 9.47 Å². The van der Waals surface area contributed by atoms with E-state index >= 15 is 0 Å². The lowest BCUT2D eigenvalue weighted by atomic mass is 10.1. The van der Waals surface area contributed by atoms with Crippen LogP contribution in [0.25, 0.3) is 31.8 Å². The maximum absolute atomic E-state index is 13.4. The minimum atomic E-state index is -3.86. The van der Waals surface area contributed by atoms with Crippen LogP contribution in [0.3, 0.4) is 0 Å². The van der Waals surface area contributed by atoms with Crippen LogP contribution in [0.5, 0.6) is 5.75 Å². The summed E-state index contributed by atoms with van der Waals surface area (Å²) in [7, 11) is -2.24. The van der Waals surface area contributed by atoms with Crippen LogP contribution in [-0.4, -0.2) is 43.6 Å². The number of thiazole rings is 1. The molecule has 0 aliphatic carbocycles. The van der Waals surface area contributed by atoms with Gasteiger partial charge in [-0.1, -0.05) is 17.7 Å². The number of nitrogens with zero attached hydrogens (tertiary/aromatic N) is 3. The van der Waals surface area contributed by atoms with E-state index in [1.54, 1.807) is 19.4 Å². The number of hydrogen-bond donors (Lipinski definition) is 1. The number of benzene rings is 3. The Hall–Kier alpha value is -3.22. The molecule has 5 rings (SSSR count). The molecule has 0 radical (unpaired) electrons. The number of halogens is 2. The lowest BCUT2D eigenvalue weighted by molar-refractivity contribution is 0.181. The molecule has 38 heavy (non-hydrogen) atoms. The third kappa shape index (κ3) is 5.62. The Morgan fingerprint density at radius 3 is 2.74 bits per heavy atom. The van der Waals surface area contributed by atoms with Crippen molar-refractivity contribution < 1.29 is 22.3 Å².